The number of carbonyl (C=O) groups excluding carboxylic acids is 1. The van der Waals surface area contributed by atoms with Crippen LogP contribution in [0.3, 0.4) is 0 Å². The normalized spacial score (nSPS) is 20.2. The molecule has 182 valence electrons. The van der Waals surface area contributed by atoms with Gasteiger partial charge in [-0.3, -0.25) is 4.79 Å². The molecule has 32 heavy (non-hydrogen) atoms. The van der Waals surface area contributed by atoms with Crippen LogP contribution in [0.1, 0.15) is 70.3 Å². The zero-order valence-corrected chi connectivity index (χ0v) is 18.0. The second-order valence-corrected chi connectivity index (χ2v) is 8.56. The predicted octanol–water partition coefficient (Wildman–Crippen LogP) is 7.74. The Morgan fingerprint density at radius 1 is 0.938 bits per heavy atom. The Bertz CT molecular complexity index is 721. The quantitative estimate of drug-likeness (QED) is 0.151. The van der Waals surface area contributed by atoms with Crippen molar-refractivity contribution >= 4 is 5.97 Å². The van der Waals surface area contributed by atoms with Gasteiger partial charge in [-0.1, -0.05) is 44.7 Å². The second-order valence-electron chi connectivity index (χ2n) is 8.56. The molecular weight excluding hydrogens is 441 g/mol. The zero-order chi connectivity index (χ0) is 24.0. The molecule has 0 bridgehead atoms. The van der Waals surface area contributed by atoms with Gasteiger partial charge in [-0.05, 0) is 55.7 Å². The van der Waals surface area contributed by atoms with Crippen molar-refractivity contribution in [3.8, 4) is 5.75 Å². The fourth-order valence-corrected chi connectivity index (χ4v) is 3.96. The Kier molecular flexibility index (Phi) is 8.99. The van der Waals surface area contributed by atoms with E-state index in [-0.39, 0.29) is 23.2 Å². The molecule has 0 amide bonds. The molecule has 2 rings (SSSR count). The summed E-state index contributed by atoms with van der Waals surface area (Å²) in [6.45, 7) is 2.15. The smallest absolute Gasteiger partial charge is 0.426 e. The van der Waals surface area contributed by atoms with Crippen molar-refractivity contribution in [3.63, 3.8) is 0 Å². The molecule has 9 heteroatoms. The first-order valence-corrected chi connectivity index (χ1v) is 11.0. The monoisotopic (exact) mass is 470 g/mol. The van der Waals surface area contributed by atoms with Gasteiger partial charge in [0.1, 0.15) is 5.75 Å². The first-order chi connectivity index (χ1) is 14.9. The van der Waals surface area contributed by atoms with Crippen molar-refractivity contribution in [2.24, 2.45) is 11.8 Å². The van der Waals surface area contributed by atoms with Crippen LogP contribution in [0.2, 0.25) is 0 Å². The highest BCUT2D eigenvalue weighted by Crippen LogP contribution is 2.48. The Balaban J connectivity index is 1.82. The number of unbranched alkanes of at least 4 members (excludes halogenated alkanes) is 2. The number of halogens is 7. The van der Waals surface area contributed by atoms with Gasteiger partial charge in [0.2, 0.25) is 0 Å². The van der Waals surface area contributed by atoms with Gasteiger partial charge in [0.25, 0.3) is 0 Å². The number of hydrogen-bond acceptors (Lipinski definition) is 2. The number of benzene rings is 1. The molecule has 0 spiro atoms. The average molecular weight is 470 g/mol. The average Bonchev–Trinajstić information content (AvgIpc) is 2.73. The minimum atomic E-state index is -6.33. The minimum Gasteiger partial charge on any atom is -0.426 e. The van der Waals surface area contributed by atoms with Crippen LogP contribution in [-0.2, 0) is 11.2 Å². The maximum atomic E-state index is 13.4. The van der Waals surface area contributed by atoms with Crippen LogP contribution in [0.5, 0.6) is 5.75 Å². The lowest BCUT2D eigenvalue weighted by molar-refractivity contribution is -0.355. The Morgan fingerprint density at radius 3 is 2.06 bits per heavy atom. The number of rotatable bonds is 10. The van der Waals surface area contributed by atoms with Gasteiger partial charge in [-0.2, -0.15) is 30.7 Å². The van der Waals surface area contributed by atoms with Gasteiger partial charge in [-0.15, -0.1) is 0 Å². The summed E-state index contributed by atoms with van der Waals surface area (Å²) in [4.78, 5) is 12.4. The van der Waals surface area contributed by atoms with Crippen LogP contribution in [0.25, 0.3) is 0 Å². The number of carbonyl (C=O) groups is 1. The first-order valence-electron chi connectivity index (χ1n) is 11.0. The fourth-order valence-electron chi connectivity index (χ4n) is 3.96. The van der Waals surface area contributed by atoms with Crippen molar-refractivity contribution in [1.29, 1.82) is 0 Å². The van der Waals surface area contributed by atoms with E-state index in [4.69, 9.17) is 4.74 Å². The summed E-state index contributed by atoms with van der Waals surface area (Å²) in [5.41, 5.74) is 0.134. The van der Waals surface area contributed by atoms with Crippen LogP contribution < -0.4 is 4.74 Å². The second kappa shape index (κ2) is 10.9. The lowest BCUT2D eigenvalue weighted by Gasteiger charge is -2.28. The number of esters is 1. The third-order valence-corrected chi connectivity index (χ3v) is 6.08. The molecule has 1 fully saturated rings. The Morgan fingerprint density at radius 2 is 1.53 bits per heavy atom. The van der Waals surface area contributed by atoms with E-state index in [1.807, 2.05) is 0 Å². The molecule has 0 atom stereocenters. The highest BCUT2D eigenvalue weighted by Gasteiger charge is 2.72. The summed E-state index contributed by atoms with van der Waals surface area (Å²) in [5, 5.41) is 0. The summed E-state index contributed by atoms with van der Waals surface area (Å²) < 4.78 is 94.7. The molecule has 0 saturated heterocycles. The molecule has 0 aliphatic heterocycles. The summed E-state index contributed by atoms with van der Waals surface area (Å²) in [5.74, 6) is -11.1. The van der Waals surface area contributed by atoms with Gasteiger partial charge in [0.05, 0.1) is 5.92 Å². The van der Waals surface area contributed by atoms with Crippen molar-refractivity contribution < 1.29 is 40.3 Å². The number of hydrogen-bond donors (Lipinski definition) is 0. The van der Waals surface area contributed by atoms with E-state index >= 15 is 0 Å². The molecule has 1 saturated carbocycles. The summed E-state index contributed by atoms with van der Waals surface area (Å²) in [6, 6.07) is 5.19. The molecule has 0 radical (unpaired) electrons. The van der Waals surface area contributed by atoms with Crippen LogP contribution in [0.4, 0.5) is 30.7 Å². The molecule has 0 heterocycles. The molecule has 0 aromatic heterocycles. The SMILES string of the molecule is CCCCC[C@H]1CC[C@H](C(=O)Oc2ccc(CCC(F)(F)C(F)(F)C(F)(F)F)cc2)CC1. The van der Waals surface area contributed by atoms with E-state index in [2.05, 4.69) is 6.92 Å². The van der Waals surface area contributed by atoms with E-state index in [1.165, 1.54) is 49.9 Å². The Hall–Kier alpha value is -1.80. The third-order valence-electron chi connectivity index (χ3n) is 6.08. The van der Waals surface area contributed by atoms with Crippen LogP contribution in [0, 0.1) is 11.8 Å². The largest absolute Gasteiger partial charge is 0.459 e. The standard InChI is InChI=1S/C23H29F7O2/c1-2-3-4-5-16-6-10-18(11-7-16)20(31)32-19-12-8-17(9-13-19)14-15-21(24,25)22(26,27)23(28,29)30/h8-9,12-13,16,18H,2-7,10-11,14-15H2,1H3/t16-,18-. The van der Waals surface area contributed by atoms with Gasteiger partial charge >= 0.3 is 24.0 Å². The van der Waals surface area contributed by atoms with Crippen LogP contribution >= 0.6 is 0 Å². The van der Waals surface area contributed by atoms with Gasteiger partial charge in [0, 0.05) is 6.42 Å². The maximum absolute atomic E-state index is 13.4. The molecule has 0 N–H and O–H groups in total. The van der Waals surface area contributed by atoms with E-state index in [0.717, 1.165) is 25.7 Å². The molecule has 1 aliphatic rings. The first kappa shape index (κ1) is 26.5. The van der Waals surface area contributed by atoms with E-state index in [0.29, 0.717) is 5.92 Å². The van der Waals surface area contributed by atoms with Crippen LogP contribution in [-0.4, -0.2) is 24.0 Å². The van der Waals surface area contributed by atoms with Gasteiger partial charge < -0.3 is 4.74 Å². The lowest BCUT2D eigenvalue weighted by atomic mass is 9.80. The molecule has 0 unspecified atom stereocenters. The molecule has 2 nitrogen and oxygen atoms in total. The number of aryl methyl sites for hydroxylation is 1. The Labute approximate surface area is 183 Å². The van der Waals surface area contributed by atoms with Crippen molar-refractivity contribution in [3.05, 3.63) is 29.8 Å². The van der Waals surface area contributed by atoms with Crippen molar-refractivity contribution in [1.82, 2.24) is 0 Å². The highest BCUT2D eigenvalue weighted by molar-refractivity contribution is 5.75. The van der Waals surface area contributed by atoms with Gasteiger partial charge in [-0.25, -0.2) is 0 Å². The molecule has 1 aliphatic carbocycles. The number of alkyl halides is 7. The molecular formula is C23H29F7O2. The minimum absolute atomic E-state index is 0.134. The maximum Gasteiger partial charge on any atom is 0.459 e. The predicted molar refractivity (Wildman–Crippen MR) is 106 cm³/mol. The lowest BCUT2D eigenvalue weighted by Crippen LogP contribution is -2.52. The van der Waals surface area contributed by atoms with Gasteiger partial charge in [0.15, 0.2) is 0 Å². The highest BCUT2D eigenvalue weighted by atomic mass is 19.4. The zero-order valence-electron chi connectivity index (χ0n) is 18.0. The summed E-state index contributed by atoms with van der Waals surface area (Å²) in [6.07, 6.45) is -0.500. The van der Waals surface area contributed by atoms with E-state index < -0.39 is 30.9 Å². The topological polar surface area (TPSA) is 26.3 Å². The van der Waals surface area contributed by atoms with Crippen molar-refractivity contribution in [2.75, 3.05) is 0 Å². The van der Waals surface area contributed by atoms with Crippen LogP contribution in [0.15, 0.2) is 24.3 Å². The summed E-state index contributed by atoms with van der Waals surface area (Å²) >= 11 is 0. The summed E-state index contributed by atoms with van der Waals surface area (Å²) in [7, 11) is 0. The number of ether oxygens (including phenoxy) is 1. The fraction of sp³-hybridized carbons (Fsp3) is 0.696. The van der Waals surface area contributed by atoms with E-state index in [9.17, 15) is 35.5 Å². The van der Waals surface area contributed by atoms with Crippen molar-refractivity contribution in [2.45, 2.75) is 89.2 Å². The molecule has 1 aromatic rings. The molecule has 1 aromatic carbocycles. The third kappa shape index (κ3) is 6.85. The van der Waals surface area contributed by atoms with E-state index in [1.54, 1.807) is 0 Å².